The van der Waals surface area contributed by atoms with E-state index in [9.17, 15) is 14.4 Å². The summed E-state index contributed by atoms with van der Waals surface area (Å²) in [6, 6.07) is 7.17. The fourth-order valence-corrected chi connectivity index (χ4v) is 2.17. The van der Waals surface area contributed by atoms with Crippen molar-refractivity contribution in [1.29, 1.82) is 0 Å². The van der Waals surface area contributed by atoms with Crippen LogP contribution in [0.15, 0.2) is 24.3 Å². The van der Waals surface area contributed by atoms with Crippen LogP contribution in [0.5, 0.6) is 0 Å². The molecule has 19 heavy (non-hydrogen) atoms. The summed E-state index contributed by atoms with van der Waals surface area (Å²) in [5, 5.41) is 0. The molecular weight excluding hydrogens is 246 g/mol. The molecule has 1 aromatic rings. The molecule has 1 saturated heterocycles. The van der Waals surface area contributed by atoms with Crippen molar-refractivity contribution in [2.45, 2.75) is 6.92 Å². The van der Waals surface area contributed by atoms with Crippen LogP contribution in [0.3, 0.4) is 0 Å². The van der Waals surface area contributed by atoms with Gasteiger partial charge in [0, 0.05) is 12.1 Å². The monoisotopic (exact) mass is 261 g/mol. The Hall–Kier alpha value is -2.17. The number of nitrogens with zero attached hydrogens (tertiary/aromatic N) is 1. The van der Waals surface area contributed by atoms with E-state index in [0.29, 0.717) is 5.56 Å². The average molecular weight is 261 g/mol. The van der Waals surface area contributed by atoms with Crippen molar-refractivity contribution < 1.29 is 19.1 Å². The number of aryl methyl sites for hydroxylation is 1. The maximum absolute atomic E-state index is 12.3. The molecule has 1 fully saturated rings. The van der Waals surface area contributed by atoms with Crippen LogP contribution in [-0.2, 0) is 14.3 Å². The van der Waals surface area contributed by atoms with Crippen molar-refractivity contribution in [3.8, 4) is 0 Å². The Balaban J connectivity index is 2.17. The van der Waals surface area contributed by atoms with Crippen molar-refractivity contribution in [1.82, 2.24) is 4.90 Å². The Morgan fingerprint density at radius 1 is 1.32 bits per heavy atom. The third-order valence-corrected chi connectivity index (χ3v) is 3.29. The molecule has 1 unspecified atom stereocenters. The van der Waals surface area contributed by atoms with Gasteiger partial charge in [0.25, 0.3) is 5.91 Å². The lowest BCUT2D eigenvalue weighted by molar-refractivity contribution is -0.147. The van der Waals surface area contributed by atoms with Crippen LogP contribution in [0.4, 0.5) is 0 Å². The van der Waals surface area contributed by atoms with Gasteiger partial charge in [-0.15, -0.1) is 0 Å². The second kappa shape index (κ2) is 5.22. The molecule has 1 aromatic carbocycles. The van der Waals surface area contributed by atoms with Crippen LogP contribution < -0.4 is 0 Å². The molecule has 0 spiro atoms. The number of Topliss-reactive ketones (excluding diaryl/α,β-unsaturated/α-hetero) is 1. The van der Waals surface area contributed by atoms with Gasteiger partial charge in [0.2, 0.25) is 0 Å². The van der Waals surface area contributed by atoms with Crippen molar-refractivity contribution in [3.63, 3.8) is 0 Å². The van der Waals surface area contributed by atoms with E-state index >= 15 is 0 Å². The molecule has 0 saturated carbocycles. The second-order valence-electron chi connectivity index (χ2n) is 4.54. The lowest BCUT2D eigenvalue weighted by Crippen LogP contribution is -2.30. The summed E-state index contributed by atoms with van der Waals surface area (Å²) >= 11 is 0. The number of esters is 1. The second-order valence-corrected chi connectivity index (χ2v) is 4.54. The molecule has 2 rings (SSSR count). The lowest BCUT2D eigenvalue weighted by atomic mass is 10.1. The van der Waals surface area contributed by atoms with Gasteiger partial charge >= 0.3 is 5.97 Å². The predicted octanol–water partition coefficient (Wildman–Crippen LogP) is 0.809. The maximum Gasteiger partial charge on any atom is 0.318 e. The Morgan fingerprint density at radius 2 is 2.00 bits per heavy atom. The standard InChI is InChI=1S/C14H15NO4/c1-9-5-3-4-6-10(9)13(17)15-7-11(12(16)8-15)14(18)19-2/h3-6,11H,7-8H2,1-2H3. The Kier molecular flexibility index (Phi) is 3.64. The van der Waals surface area contributed by atoms with Crippen LogP contribution in [0.1, 0.15) is 15.9 Å². The Labute approximate surface area is 111 Å². The van der Waals surface area contributed by atoms with Crippen molar-refractivity contribution in [3.05, 3.63) is 35.4 Å². The number of benzene rings is 1. The van der Waals surface area contributed by atoms with E-state index < -0.39 is 11.9 Å². The van der Waals surface area contributed by atoms with Gasteiger partial charge in [-0.25, -0.2) is 0 Å². The number of carbonyl (C=O) groups is 3. The van der Waals surface area contributed by atoms with Crippen LogP contribution in [-0.4, -0.2) is 42.8 Å². The normalized spacial score (nSPS) is 18.5. The molecule has 0 aliphatic carbocycles. The van der Waals surface area contributed by atoms with Gasteiger partial charge in [-0.2, -0.15) is 0 Å². The zero-order chi connectivity index (χ0) is 14.0. The molecular formula is C14H15NO4. The Bertz CT molecular complexity index is 538. The highest BCUT2D eigenvalue weighted by Crippen LogP contribution is 2.18. The third-order valence-electron chi connectivity index (χ3n) is 3.29. The molecule has 5 heteroatoms. The molecule has 0 bridgehead atoms. The minimum absolute atomic E-state index is 0.0348. The molecule has 0 N–H and O–H groups in total. The van der Waals surface area contributed by atoms with Gasteiger partial charge in [0.05, 0.1) is 13.7 Å². The summed E-state index contributed by atoms with van der Waals surface area (Å²) in [4.78, 5) is 36.8. The predicted molar refractivity (Wildman–Crippen MR) is 67.6 cm³/mol. The minimum Gasteiger partial charge on any atom is -0.468 e. The average Bonchev–Trinajstić information content (AvgIpc) is 2.80. The first-order chi connectivity index (χ1) is 9.04. The highest BCUT2D eigenvalue weighted by molar-refractivity contribution is 6.06. The summed E-state index contributed by atoms with van der Waals surface area (Å²) in [6.45, 7) is 1.90. The number of rotatable bonds is 2. The number of likely N-dealkylation sites (tertiary alicyclic amines) is 1. The van der Waals surface area contributed by atoms with E-state index in [1.165, 1.54) is 12.0 Å². The van der Waals surface area contributed by atoms with Gasteiger partial charge < -0.3 is 9.64 Å². The largest absolute Gasteiger partial charge is 0.468 e. The number of hydrogen-bond acceptors (Lipinski definition) is 4. The smallest absolute Gasteiger partial charge is 0.318 e. The quantitative estimate of drug-likeness (QED) is 0.584. The van der Waals surface area contributed by atoms with Crippen molar-refractivity contribution in [2.75, 3.05) is 20.2 Å². The number of carbonyl (C=O) groups excluding carboxylic acids is 3. The minimum atomic E-state index is -0.849. The van der Waals surface area contributed by atoms with Gasteiger partial charge in [-0.3, -0.25) is 14.4 Å². The molecule has 0 aromatic heterocycles. The first-order valence-corrected chi connectivity index (χ1v) is 6.00. The number of amides is 1. The highest BCUT2D eigenvalue weighted by atomic mass is 16.5. The summed E-state index contributed by atoms with van der Waals surface area (Å²) in [6.07, 6.45) is 0. The molecule has 1 heterocycles. The molecule has 0 radical (unpaired) electrons. The SMILES string of the molecule is COC(=O)C1CN(C(=O)c2ccccc2C)CC1=O. The molecule has 1 atom stereocenters. The van der Waals surface area contributed by atoms with Crippen LogP contribution >= 0.6 is 0 Å². The highest BCUT2D eigenvalue weighted by Gasteiger charge is 2.39. The van der Waals surface area contributed by atoms with Crippen molar-refractivity contribution in [2.24, 2.45) is 5.92 Å². The zero-order valence-corrected chi connectivity index (χ0v) is 10.9. The first kappa shape index (κ1) is 13.3. The van der Waals surface area contributed by atoms with E-state index in [0.717, 1.165) is 5.56 Å². The summed E-state index contributed by atoms with van der Waals surface area (Å²) < 4.78 is 4.56. The van der Waals surface area contributed by atoms with Crippen LogP contribution in [0.2, 0.25) is 0 Å². The number of ketones is 1. The van der Waals surface area contributed by atoms with E-state index in [2.05, 4.69) is 4.74 Å². The molecule has 1 amide bonds. The maximum atomic E-state index is 12.3. The fourth-order valence-electron chi connectivity index (χ4n) is 2.17. The fraction of sp³-hybridized carbons (Fsp3) is 0.357. The van der Waals surface area contributed by atoms with Gasteiger partial charge in [0.1, 0.15) is 5.92 Å². The molecule has 1 aliphatic rings. The van der Waals surface area contributed by atoms with Crippen LogP contribution in [0, 0.1) is 12.8 Å². The van der Waals surface area contributed by atoms with Crippen LogP contribution in [0.25, 0.3) is 0 Å². The first-order valence-electron chi connectivity index (χ1n) is 6.00. The Morgan fingerprint density at radius 3 is 2.63 bits per heavy atom. The number of methoxy groups -OCH3 is 1. The third kappa shape index (κ3) is 2.50. The van der Waals surface area contributed by atoms with E-state index in [4.69, 9.17) is 0 Å². The molecule has 1 aliphatic heterocycles. The van der Waals surface area contributed by atoms with Gasteiger partial charge in [-0.05, 0) is 18.6 Å². The zero-order valence-electron chi connectivity index (χ0n) is 10.9. The molecule has 100 valence electrons. The summed E-state index contributed by atoms with van der Waals surface area (Å²) in [5.74, 6) is -1.92. The van der Waals surface area contributed by atoms with E-state index in [-0.39, 0.29) is 24.8 Å². The van der Waals surface area contributed by atoms with Gasteiger partial charge in [0.15, 0.2) is 5.78 Å². The number of hydrogen-bond donors (Lipinski definition) is 0. The number of ether oxygens (including phenoxy) is 1. The van der Waals surface area contributed by atoms with E-state index in [1.54, 1.807) is 12.1 Å². The van der Waals surface area contributed by atoms with E-state index in [1.807, 2.05) is 19.1 Å². The van der Waals surface area contributed by atoms with Crippen molar-refractivity contribution >= 4 is 17.7 Å². The topological polar surface area (TPSA) is 63.7 Å². The molecule has 5 nitrogen and oxygen atoms in total. The summed E-state index contributed by atoms with van der Waals surface area (Å²) in [7, 11) is 1.24. The summed E-state index contributed by atoms with van der Waals surface area (Å²) in [5.41, 5.74) is 1.40. The van der Waals surface area contributed by atoms with Gasteiger partial charge in [-0.1, -0.05) is 18.2 Å². The lowest BCUT2D eigenvalue weighted by Gasteiger charge is -2.16.